The first-order valence-corrected chi connectivity index (χ1v) is 6.69. The zero-order chi connectivity index (χ0) is 12.4. The van der Waals surface area contributed by atoms with Gasteiger partial charge in [0, 0.05) is 0 Å². The summed E-state index contributed by atoms with van der Waals surface area (Å²) in [5.74, 6) is 1.83. The molecule has 0 amide bonds. The van der Waals surface area contributed by atoms with Crippen molar-refractivity contribution in [2.75, 3.05) is 0 Å². The maximum absolute atomic E-state index is 4.07. The first-order valence-electron chi connectivity index (χ1n) is 6.69. The largest absolute Gasteiger partial charge is 0.0991 e. The molecule has 1 aliphatic rings. The van der Waals surface area contributed by atoms with E-state index in [1.807, 2.05) is 26.0 Å². The van der Waals surface area contributed by atoms with Crippen molar-refractivity contribution in [1.82, 2.24) is 0 Å². The van der Waals surface area contributed by atoms with E-state index < -0.39 is 0 Å². The Labute approximate surface area is 102 Å². The molecule has 0 radical (unpaired) electrons. The zero-order valence-corrected chi connectivity index (χ0v) is 11.3. The molecule has 0 aromatic heterocycles. The van der Waals surface area contributed by atoms with Crippen molar-refractivity contribution in [2.45, 2.75) is 52.9 Å². The quantitative estimate of drug-likeness (QED) is 0.547. The van der Waals surface area contributed by atoms with E-state index in [1.165, 1.54) is 37.7 Å². The van der Waals surface area contributed by atoms with E-state index in [9.17, 15) is 0 Å². The van der Waals surface area contributed by atoms with Crippen LogP contribution in [0.15, 0.2) is 37.0 Å². The van der Waals surface area contributed by atoms with Crippen molar-refractivity contribution < 1.29 is 0 Å². The Kier molecular flexibility index (Phi) is 8.99. The molecule has 0 heterocycles. The second-order valence-corrected chi connectivity index (χ2v) is 4.58. The Hall–Kier alpha value is -0.780. The molecule has 0 N–H and O–H groups in total. The van der Waals surface area contributed by atoms with Gasteiger partial charge in [0.25, 0.3) is 0 Å². The van der Waals surface area contributed by atoms with E-state index in [0.717, 1.165) is 11.8 Å². The first-order chi connectivity index (χ1) is 7.72. The fourth-order valence-electron chi connectivity index (χ4n) is 2.18. The van der Waals surface area contributed by atoms with Gasteiger partial charge in [-0.3, -0.25) is 0 Å². The van der Waals surface area contributed by atoms with E-state index in [1.54, 1.807) is 0 Å². The molecule has 1 fully saturated rings. The molecule has 1 aliphatic carbocycles. The fourth-order valence-corrected chi connectivity index (χ4v) is 2.18. The number of allylic oxidation sites excluding steroid dienone is 4. The number of rotatable bonds is 4. The molecule has 0 atom stereocenters. The van der Waals surface area contributed by atoms with Gasteiger partial charge < -0.3 is 0 Å². The topological polar surface area (TPSA) is 0 Å². The van der Waals surface area contributed by atoms with Crippen molar-refractivity contribution in [1.29, 1.82) is 0 Å². The van der Waals surface area contributed by atoms with E-state index in [0.29, 0.717) is 0 Å². The molecule has 1 saturated carbocycles. The molecular weight excluding hydrogens is 192 g/mol. The summed E-state index contributed by atoms with van der Waals surface area (Å²) in [6.07, 6.45) is 12.7. The van der Waals surface area contributed by atoms with Crippen LogP contribution in [0.25, 0.3) is 0 Å². The Morgan fingerprint density at radius 3 is 2.25 bits per heavy atom. The summed E-state index contributed by atoms with van der Waals surface area (Å²) in [5, 5.41) is 0. The minimum Gasteiger partial charge on any atom is -0.0991 e. The van der Waals surface area contributed by atoms with Gasteiger partial charge >= 0.3 is 0 Å². The third-order valence-corrected chi connectivity index (χ3v) is 3.15. The van der Waals surface area contributed by atoms with E-state index in [-0.39, 0.29) is 0 Å². The van der Waals surface area contributed by atoms with E-state index >= 15 is 0 Å². The molecule has 16 heavy (non-hydrogen) atoms. The highest BCUT2D eigenvalue weighted by molar-refractivity contribution is 5.18. The summed E-state index contributed by atoms with van der Waals surface area (Å²) in [7, 11) is 0. The van der Waals surface area contributed by atoms with E-state index in [4.69, 9.17) is 0 Å². The van der Waals surface area contributed by atoms with Gasteiger partial charge in [0.15, 0.2) is 0 Å². The van der Waals surface area contributed by atoms with Crippen molar-refractivity contribution in [2.24, 2.45) is 11.8 Å². The molecule has 0 spiro atoms. The van der Waals surface area contributed by atoms with E-state index in [2.05, 4.69) is 26.2 Å². The second kappa shape index (κ2) is 9.45. The summed E-state index contributed by atoms with van der Waals surface area (Å²) < 4.78 is 0. The molecule has 0 heteroatoms. The summed E-state index contributed by atoms with van der Waals surface area (Å²) in [4.78, 5) is 0. The average molecular weight is 220 g/mol. The predicted octanol–water partition coefficient (Wildman–Crippen LogP) is 5.53. The average Bonchev–Trinajstić information content (AvgIpc) is 2.32. The highest BCUT2D eigenvalue weighted by atomic mass is 14.2. The molecule has 0 aromatic carbocycles. The lowest BCUT2D eigenvalue weighted by Gasteiger charge is -2.26. The van der Waals surface area contributed by atoms with Crippen LogP contribution in [0.3, 0.4) is 0 Å². The molecular formula is C16H28. The minimum absolute atomic E-state index is 0.883. The SMILES string of the molecule is C=C/C=C\C(=C)CC1CCC(C)CC1.CC. The van der Waals surface area contributed by atoms with Crippen LogP contribution in [0.1, 0.15) is 52.9 Å². The van der Waals surface area contributed by atoms with Crippen molar-refractivity contribution >= 4 is 0 Å². The van der Waals surface area contributed by atoms with Gasteiger partial charge in [-0.1, -0.05) is 70.6 Å². The third-order valence-electron chi connectivity index (χ3n) is 3.15. The van der Waals surface area contributed by atoms with Crippen LogP contribution in [0, 0.1) is 11.8 Å². The number of hydrogen-bond acceptors (Lipinski definition) is 0. The Morgan fingerprint density at radius 1 is 1.19 bits per heavy atom. The maximum Gasteiger partial charge on any atom is -0.0256 e. The molecule has 0 aromatic rings. The van der Waals surface area contributed by atoms with Crippen LogP contribution >= 0.6 is 0 Å². The molecule has 92 valence electrons. The molecule has 0 bridgehead atoms. The van der Waals surface area contributed by atoms with Gasteiger partial charge in [-0.05, 0) is 31.1 Å². The minimum atomic E-state index is 0.883. The number of hydrogen-bond donors (Lipinski definition) is 0. The molecule has 0 nitrogen and oxygen atoms in total. The van der Waals surface area contributed by atoms with Crippen LogP contribution in [0.4, 0.5) is 0 Å². The van der Waals surface area contributed by atoms with Gasteiger partial charge in [0.1, 0.15) is 0 Å². The van der Waals surface area contributed by atoms with Crippen LogP contribution in [0.5, 0.6) is 0 Å². The lowest BCUT2D eigenvalue weighted by atomic mass is 9.80. The monoisotopic (exact) mass is 220 g/mol. The van der Waals surface area contributed by atoms with Crippen LogP contribution in [-0.4, -0.2) is 0 Å². The first kappa shape index (κ1) is 15.2. The van der Waals surface area contributed by atoms with Crippen LogP contribution < -0.4 is 0 Å². The van der Waals surface area contributed by atoms with Crippen molar-refractivity contribution in [3.05, 3.63) is 37.0 Å². The van der Waals surface area contributed by atoms with Gasteiger partial charge in [-0.15, -0.1) is 0 Å². The highest BCUT2D eigenvalue weighted by Gasteiger charge is 2.17. The zero-order valence-electron chi connectivity index (χ0n) is 11.3. The Balaban J connectivity index is 0.00000106. The smallest absolute Gasteiger partial charge is 0.0256 e. The normalized spacial score (nSPS) is 24.7. The van der Waals surface area contributed by atoms with Crippen LogP contribution in [-0.2, 0) is 0 Å². The Bertz CT molecular complexity index is 214. The predicted molar refractivity (Wildman–Crippen MR) is 75.6 cm³/mol. The molecule has 1 rings (SSSR count). The molecule has 0 aliphatic heterocycles. The summed E-state index contributed by atoms with van der Waals surface area (Å²) in [6, 6.07) is 0. The summed E-state index contributed by atoms with van der Waals surface area (Å²) in [6.45, 7) is 14.1. The highest BCUT2D eigenvalue weighted by Crippen LogP contribution is 2.32. The van der Waals surface area contributed by atoms with Crippen molar-refractivity contribution in [3.8, 4) is 0 Å². The summed E-state index contributed by atoms with van der Waals surface area (Å²) >= 11 is 0. The summed E-state index contributed by atoms with van der Waals surface area (Å²) in [5.41, 5.74) is 1.25. The van der Waals surface area contributed by atoms with Gasteiger partial charge in [0.05, 0.1) is 0 Å². The van der Waals surface area contributed by atoms with Crippen molar-refractivity contribution in [3.63, 3.8) is 0 Å². The van der Waals surface area contributed by atoms with Gasteiger partial charge in [-0.25, -0.2) is 0 Å². The third kappa shape index (κ3) is 6.66. The van der Waals surface area contributed by atoms with Gasteiger partial charge in [-0.2, -0.15) is 0 Å². The maximum atomic E-state index is 4.07. The molecule has 0 saturated heterocycles. The second-order valence-electron chi connectivity index (χ2n) is 4.58. The lowest BCUT2D eigenvalue weighted by molar-refractivity contribution is 0.290. The lowest BCUT2D eigenvalue weighted by Crippen LogP contribution is -2.12. The van der Waals surface area contributed by atoms with Crippen LogP contribution in [0.2, 0.25) is 0 Å². The standard InChI is InChI=1S/C14H22.C2H6/c1-4-5-6-13(3)11-14-9-7-12(2)8-10-14;1-2/h4-6,12,14H,1,3,7-11H2,2H3;1-2H3/b6-5-;. The fraction of sp³-hybridized carbons (Fsp3) is 0.625. The Morgan fingerprint density at radius 2 is 1.75 bits per heavy atom. The molecule has 0 unspecified atom stereocenters. The van der Waals surface area contributed by atoms with Gasteiger partial charge in [0.2, 0.25) is 0 Å².